The predicted molar refractivity (Wildman–Crippen MR) is 78.2 cm³/mol. The molecule has 0 saturated heterocycles. The Morgan fingerprint density at radius 1 is 1.09 bits per heavy atom. The molecule has 14 nitrogen and oxygen atoms in total. The highest BCUT2D eigenvalue weighted by atomic mass is 31.2. The van der Waals surface area contributed by atoms with E-state index in [-0.39, 0.29) is 11.0 Å². The largest absolute Gasteiger partial charge is 0.480 e. The van der Waals surface area contributed by atoms with Crippen LogP contribution < -0.4 is 16.1 Å². The van der Waals surface area contributed by atoms with Gasteiger partial charge in [-0.05, 0) is 6.42 Å². The van der Waals surface area contributed by atoms with E-state index in [1.165, 1.54) is 0 Å². The number of aliphatic carboxylic acids is 1. The van der Waals surface area contributed by atoms with Crippen molar-refractivity contribution >= 4 is 27.2 Å². The molecule has 0 aromatic heterocycles. The molecule has 0 aromatic rings. The Morgan fingerprint density at radius 3 is 1.74 bits per heavy atom. The molecule has 0 aliphatic rings. The lowest BCUT2D eigenvalue weighted by atomic mass is 10.5. The maximum Gasteiger partial charge on any atom is 0.400 e. The van der Waals surface area contributed by atoms with Gasteiger partial charge in [0.1, 0.15) is 12.3 Å². The standard InChI is InChI=1S/C4H9N2O6P.C3H10NO3P.2H2O/c7-3(5-2-4(8)9)1-6-13(10,11)12;1-2-3(4)8(5,6)7;;/h1-2H2,(H,5,7)(H,8,9)(H3,6,10,11,12);3H,2,4H2,1H3,(H2,5,6,7);2*1H2. The number of nitrogens with two attached hydrogens (primary N) is 1. The highest BCUT2D eigenvalue weighted by Gasteiger charge is 2.21. The predicted octanol–water partition coefficient (Wildman–Crippen LogP) is -3.92. The number of hydrogen-bond donors (Lipinski definition) is 8. The van der Waals surface area contributed by atoms with Crippen LogP contribution in [0, 0.1) is 0 Å². The van der Waals surface area contributed by atoms with Crippen molar-refractivity contribution in [2.24, 2.45) is 5.73 Å². The van der Waals surface area contributed by atoms with E-state index in [9.17, 15) is 18.7 Å². The van der Waals surface area contributed by atoms with E-state index in [0.717, 1.165) is 0 Å². The van der Waals surface area contributed by atoms with Crippen LogP contribution in [0.1, 0.15) is 13.3 Å². The lowest BCUT2D eigenvalue weighted by Gasteiger charge is -2.08. The molecule has 1 atom stereocenters. The molecule has 1 amide bonds. The third-order valence-corrected chi connectivity index (χ3v) is 3.53. The van der Waals surface area contributed by atoms with Crippen molar-refractivity contribution in [3.05, 3.63) is 0 Å². The number of nitrogens with one attached hydrogen (secondary N) is 2. The fraction of sp³-hybridized carbons (Fsp3) is 0.714. The van der Waals surface area contributed by atoms with Gasteiger partial charge in [-0.2, -0.15) is 0 Å². The highest BCUT2D eigenvalue weighted by Crippen LogP contribution is 2.39. The minimum absolute atomic E-state index is 0. The topological polar surface area (TPSA) is 283 Å². The summed E-state index contributed by atoms with van der Waals surface area (Å²) in [6, 6.07) is 0. The van der Waals surface area contributed by atoms with Gasteiger partial charge in [-0.1, -0.05) is 6.92 Å². The summed E-state index contributed by atoms with van der Waals surface area (Å²) in [5.41, 5.74) is 4.99. The van der Waals surface area contributed by atoms with Gasteiger partial charge < -0.3 is 46.7 Å². The van der Waals surface area contributed by atoms with Gasteiger partial charge >= 0.3 is 21.3 Å². The molecule has 0 heterocycles. The van der Waals surface area contributed by atoms with Crippen LogP contribution in [0.2, 0.25) is 0 Å². The Balaban J connectivity index is -0.000000158. The summed E-state index contributed by atoms with van der Waals surface area (Å²) >= 11 is 0. The molecule has 0 bridgehead atoms. The van der Waals surface area contributed by atoms with Gasteiger partial charge in [0.05, 0.1) is 6.54 Å². The molecule has 0 spiro atoms. The van der Waals surface area contributed by atoms with Crippen molar-refractivity contribution in [1.29, 1.82) is 0 Å². The van der Waals surface area contributed by atoms with Crippen molar-refractivity contribution in [2.75, 3.05) is 13.1 Å². The van der Waals surface area contributed by atoms with E-state index in [1.807, 2.05) is 5.32 Å². The Kier molecular flexibility index (Phi) is 17.6. The summed E-state index contributed by atoms with van der Waals surface area (Å²) in [7, 11) is -8.40. The van der Waals surface area contributed by atoms with Gasteiger partial charge in [-0.3, -0.25) is 14.2 Å². The SMILES string of the molecule is CCC(N)P(=O)(O)O.O.O.O=C(O)CNC(=O)CNP(=O)(O)O. The molecule has 142 valence electrons. The lowest BCUT2D eigenvalue weighted by Crippen LogP contribution is -2.35. The monoisotopic (exact) mass is 387 g/mol. The van der Waals surface area contributed by atoms with Crippen molar-refractivity contribution in [3.63, 3.8) is 0 Å². The van der Waals surface area contributed by atoms with Crippen LogP contribution >= 0.6 is 15.3 Å². The molecule has 0 aromatic carbocycles. The molecule has 0 saturated carbocycles. The first-order valence-corrected chi connectivity index (χ1v) is 8.69. The number of carboxylic acid groups (broad SMARTS) is 1. The number of carbonyl (C=O) groups excluding carboxylic acids is 1. The molecular weight excluding hydrogens is 364 g/mol. The maximum atomic E-state index is 10.6. The Bertz CT molecular complexity index is 433. The van der Waals surface area contributed by atoms with Gasteiger partial charge in [0, 0.05) is 0 Å². The third-order valence-electron chi connectivity index (χ3n) is 1.73. The fourth-order valence-electron chi connectivity index (χ4n) is 0.649. The Morgan fingerprint density at radius 2 is 1.52 bits per heavy atom. The zero-order chi connectivity index (χ0) is 17.3. The van der Waals surface area contributed by atoms with Crippen molar-refractivity contribution < 1.29 is 54.4 Å². The molecule has 16 heteroatoms. The van der Waals surface area contributed by atoms with Crippen LogP contribution in [0.25, 0.3) is 0 Å². The van der Waals surface area contributed by atoms with E-state index in [0.29, 0.717) is 6.42 Å². The molecule has 0 rings (SSSR count). The summed E-state index contributed by atoms with van der Waals surface area (Å²) in [5, 5.41) is 11.6. The molecular formula is C7H23N3O11P2. The molecule has 0 radical (unpaired) electrons. The maximum absolute atomic E-state index is 10.6. The quantitative estimate of drug-likeness (QED) is 0.195. The Hall–Kier alpha value is -0.920. The summed E-state index contributed by atoms with van der Waals surface area (Å²) in [5.74, 6) is -3.02. The van der Waals surface area contributed by atoms with Crippen molar-refractivity contribution in [1.82, 2.24) is 10.4 Å². The van der Waals surface area contributed by atoms with Gasteiger partial charge in [0.2, 0.25) is 5.91 Å². The van der Waals surface area contributed by atoms with Crippen LogP contribution in [0.15, 0.2) is 0 Å². The third kappa shape index (κ3) is 23.5. The molecule has 0 fully saturated rings. The average Bonchev–Trinajstić information content (AvgIpc) is 2.31. The van der Waals surface area contributed by atoms with Crippen molar-refractivity contribution in [2.45, 2.75) is 19.1 Å². The van der Waals surface area contributed by atoms with E-state index >= 15 is 0 Å². The second-order valence-corrected chi connectivity index (χ2v) is 6.86. The second kappa shape index (κ2) is 13.5. The van der Waals surface area contributed by atoms with Gasteiger partial charge in [-0.15, -0.1) is 0 Å². The first-order valence-electron chi connectivity index (χ1n) is 5.39. The van der Waals surface area contributed by atoms with Gasteiger partial charge in [0.15, 0.2) is 0 Å². The lowest BCUT2D eigenvalue weighted by molar-refractivity contribution is -0.137. The molecule has 13 N–H and O–H groups in total. The van der Waals surface area contributed by atoms with Gasteiger partial charge in [-0.25, -0.2) is 9.65 Å². The van der Waals surface area contributed by atoms with Crippen LogP contribution in [0.4, 0.5) is 0 Å². The normalized spacial score (nSPS) is 11.7. The fourth-order valence-corrected chi connectivity index (χ4v) is 1.47. The van der Waals surface area contributed by atoms with Crippen LogP contribution in [0.5, 0.6) is 0 Å². The highest BCUT2D eigenvalue weighted by molar-refractivity contribution is 7.52. The zero-order valence-electron chi connectivity index (χ0n) is 12.0. The second-order valence-electron chi connectivity index (χ2n) is 3.61. The number of amides is 1. The van der Waals surface area contributed by atoms with Crippen LogP contribution in [-0.2, 0) is 18.7 Å². The summed E-state index contributed by atoms with van der Waals surface area (Å²) in [4.78, 5) is 53.6. The van der Waals surface area contributed by atoms with Gasteiger partial charge in [0.25, 0.3) is 0 Å². The number of carbonyl (C=O) groups is 2. The first kappa shape index (κ1) is 30.0. The number of rotatable bonds is 7. The molecule has 1 unspecified atom stereocenters. The van der Waals surface area contributed by atoms with E-state index in [1.54, 1.807) is 12.0 Å². The Labute approximate surface area is 131 Å². The van der Waals surface area contributed by atoms with Crippen molar-refractivity contribution in [3.8, 4) is 0 Å². The number of carboxylic acids is 1. The first-order chi connectivity index (χ1) is 9.29. The number of hydrogen-bond acceptors (Lipinski definition) is 5. The minimum atomic E-state index is -4.43. The van der Waals surface area contributed by atoms with E-state index in [4.69, 9.17) is 30.4 Å². The summed E-state index contributed by atoms with van der Waals surface area (Å²) < 4.78 is 20.3. The molecule has 23 heavy (non-hydrogen) atoms. The van der Waals surface area contributed by atoms with E-state index < -0.39 is 46.1 Å². The molecule has 0 aliphatic carbocycles. The zero-order valence-corrected chi connectivity index (χ0v) is 13.8. The summed E-state index contributed by atoms with van der Waals surface area (Å²) in [6.07, 6.45) is 0.310. The molecule has 0 aliphatic heterocycles. The van der Waals surface area contributed by atoms with Crippen LogP contribution in [-0.4, -0.2) is 66.4 Å². The minimum Gasteiger partial charge on any atom is -0.480 e. The van der Waals surface area contributed by atoms with Crippen LogP contribution in [0.3, 0.4) is 0 Å². The summed E-state index contributed by atoms with van der Waals surface area (Å²) in [6.45, 7) is 0.420. The smallest absolute Gasteiger partial charge is 0.400 e. The van der Waals surface area contributed by atoms with E-state index in [2.05, 4.69) is 0 Å². The average molecular weight is 387 g/mol.